The summed E-state index contributed by atoms with van der Waals surface area (Å²) < 4.78 is 5.53. The molecular formula is C16H23BrN2O3. The molecule has 1 aliphatic rings. The number of hydrogen-bond donors (Lipinski definition) is 2. The molecular weight excluding hydrogens is 348 g/mol. The van der Waals surface area contributed by atoms with Crippen molar-refractivity contribution in [2.75, 3.05) is 18.4 Å². The lowest BCUT2D eigenvalue weighted by Crippen LogP contribution is -2.24. The second-order valence-corrected chi connectivity index (χ2v) is 6.93. The molecule has 0 aromatic heterocycles. The first-order valence-electron chi connectivity index (χ1n) is 7.20. The molecule has 1 aromatic carbocycles. The molecule has 1 atom stereocenters. The lowest BCUT2D eigenvalue weighted by atomic mass is 10.1. The van der Waals surface area contributed by atoms with Crippen molar-refractivity contribution >= 4 is 34.0 Å². The average molecular weight is 371 g/mol. The summed E-state index contributed by atoms with van der Waals surface area (Å²) in [7, 11) is 0. The van der Waals surface area contributed by atoms with E-state index in [1.165, 1.54) is 0 Å². The van der Waals surface area contributed by atoms with Gasteiger partial charge in [0.25, 0.3) is 6.47 Å². The number of nitrogens with one attached hydrogen (secondary N) is 2. The number of anilines is 1. The summed E-state index contributed by atoms with van der Waals surface area (Å²) in [6.07, 6.45) is 0.930. The highest BCUT2D eigenvalue weighted by molar-refractivity contribution is 9.10. The van der Waals surface area contributed by atoms with Crippen LogP contribution in [-0.2, 0) is 14.3 Å². The van der Waals surface area contributed by atoms with Crippen molar-refractivity contribution in [2.24, 2.45) is 5.92 Å². The Balaban J connectivity index is 0.000000295. The number of hydrogen-bond acceptors (Lipinski definition) is 4. The molecule has 1 saturated heterocycles. The summed E-state index contributed by atoms with van der Waals surface area (Å²) in [6, 6.07) is 7.64. The van der Waals surface area contributed by atoms with Crippen LogP contribution in [-0.4, -0.2) is 31.1 Å². The van der Waals surface area contributed by atoms with Gasteiger partial charge in [-0.1, -0.05) is 22.0 Å². The maximum absolute atomic E-state index is 11.8. The number of benzene rings is 1. The molecule has 0 radical (unpaired) electrons. The van der Waals surface area contributed by atoms with E-state index in [4.69, 9.17) is 0 Å². The monoisotopic (exact) mass is 370 g/mol. The quantitative estimate of drug-likeness (QED) is 0.802. The Morgan fingerprint density at radius 2 is 2.18 bits per heavy atom. The fourth-order valence-electron chi connectivity index (χ4n) is 1.83. The van der Waals surface area contributed by atoms with E-state index in [9.17, 15) is 9.59 Å². The summed E-state index contributed by atoms with van der Waals surface area (Å²) in [5, 5.41) is 6.10. The van der Waals surface area contributed by atoms with E-state index in [2.05, 4.69) is 31.3 Å². The lowest BCUT2D eigenvalue weighted by Gasteiger charge is -2.14. The molecule has 1 heterocycles. The van der Waals surface area contributed by atoms with Gasteiger partial charge in [0.1, 0.15) is 5.60 Å². The molecule has 1 amide bonds. The first kappa shape index (κ1) is 18.6. The zero-order valence-corrected chi connectivity index (χ0v) is 14.8. The summed E-state index contributed by atoms with van der Waals surface area (Å²) in [5.74, 6) is 0.224. The first-order valence-corrected chi connectivity index (χ1v) is 8.00. The topological polar surface area (TPSA) is 67.4 Å². The minimum absolute atomic E-state index is 0.109. The molecule has 0 spiro atoms. The van der Waals surface area contributed by atoms with E-state index in [1.54, 1.807) is 0 Å². The van der Waals surface area contributed by atoms with Crippen LogP contribution in [0.5, 0.6) is 0 Å². The van der Waals surface area contributed by atoms with Crippen molar-refractivity contribution in [2.45, 2.75) is 32.8 Å². The van der Waals surface area contributed by atoms with Crippen LogP contribution in [0.2, 0.25) is 0 Å². The van der Waals surface area contributed by atoms with Crippen LogP contribution in [0.15, 0.2) is 28.7 Å². The van der Waals surface area contributed by atoms with Crippen molar-refractivity contribution in [3.8, 4) is 0 Å². The molecule has 1 unspecified atom stereocenters. The smallest absolute Gasteiger partial charge is 0.293 e. The minimum atomic E-state index is -0.318. The molecule has 1 aromatic rings. The molecule has 1 aliphatic heterocycles. The Morgan fingerprint density at radius 1 is 1.45 bits per heavy atom. The van der Waals surface area contributed by atoms with Crippen molar-refractivity contribution < 1.29 is 14.3 Å². The first-order chi connectivity index (χ1) is 10.3. The van der Waals surface area contributed by atoms with Crippen molar-refractivity contribution in [3.05, 3.63) is 28.7 Å². The zero-order chi connectivity index (χ0) is 16.6. The molecule has 0 aliphatic carbocycles. The van der Waals surface area contributed by atoms with Gasteiger partial charge in [0.2, 0.25) is 5.91 Å². The van der Waals surface area contributed by atoms with Gasteiger partial charge >= 0.3 is 0 Å². The summed E-state index contributed by atoms with van der Waals surface area (Å²) >= 11 is 3.37. The standard InChI is InChI=1S/C11H13BrN2O.C5H10O2/c12-9-2-1-3-10(6-9)14-11(15)8-4-5-13-7-8;1-5(2,3)7-4-6/h1-3,6,8,13H,4-5,7H2,(H,14,15);4H,1-3H3. The third kappa shape index (κ3) is 7.56. The maximum atomic E-state index is 11.8. The van der Waals surface area contributed by atoms with Crippen LogP contribution in [0.1, 0.15) is 27.2 Å². The highest BCUT2D eigenvalue weighted by atomic mass is 79.9. The van der Waals surface area contributed by atoms with Gasteiger partial charge in [-0.3, -0.25) is 9.59 Å². The number of halogens is 1. The van der Waals surface area contributed by atoms with Crippen molar-refractivity contribution in [3.63, 3.8) is 0 Å². The maximum Gasteiger partial charge on any atom is 0.293 e. The predicted molar refractivity (Wildman–Crippen MR) is 90.7 cm³/mol. The van der Waals surface area contributed by atoms with Gasteiger partial charge < -0.3 is 15.4 Å². The summed E-state index contributed by atoms with van der Waals surface area (Å²) in [4.78, 5) is 21.4. The SMILES string of the molecule is CC(C)(C)OC=O.O=C(Nc1cccc(Br)c1)C1CCNC1. The molecule has 122 valence electrons. The van der Waals surface area contributed by atoms with Crippen LogP contribution in [0.3, 0.4) is 0 Å². The zero-order valence-electron chi connectivity index (χ0n) is 13.2. The second kappa shape index (κ2) is 8.90. The molecule has 6 heteroatoms. The fraction of sp³-hybridized carbons (Fsp3) is 0.500. The molecule has 22 heavy (non-hydrogen) atoms. The van der Waals surface area contributed by atoms with E-state index in [0.29, 0.717) is 6.47 Å². The van der Waals surface area contributed by atoms with Crippen molar-refractivity contribution in [1.82, 2.24) is 5.32 Å². The third-order valence-electron chi connectivity index (χ3n) is 2.92. The van der Waals surface area contributed by atoms with Gasteiger partial charge in [-0.25, -0.2) is 0 Å². The fourth-order valence-corrected chi connectivity index (χ4v) is 2.23. The molecule has 5 nitrogen and oxygen atoms in total. The largest absolute Gasteiger partial charge is 0.462 e. The predicted octanol–water partition coefficient (Wildman–Crippen LogP) is 2.96. The molecule has 0 bridgehead atoms. The minimum Gasteiger partial charge on any atom is -0.462 e. The molecule has 0 saturated carbocycles. The van der Waals surface area contributed by atoms with E-state index < -0.39 is 0 Å². The van der Waals surface area contributed by atoms with Gasteiger partial charge in [-0.15, -0.1) is 0 Å². The van der Waals surface area contributed by atoms with Crippen LogP contribution < -0.4 is 10.6 Å². The number of rotatable bonds is 3. The summed E-state index contributed by atoms with van der Waals surface area (Å²) in [6.45, 7) is 7.65. The Kier molecular flexibility index (Phi) is 7.55. The number of ether oxygens (including phenoxy) is 1. The highest BCUT2D eigenvalue weighted by Crippen LogP contribution is 2.17. The Morgan fingerprint density at radius 3 is 2.64 bits per heavy atom. The average Bonchev–Trinajstić information content (AvgIpc) is 2.91. The van der Waals surface area contributed by atoms with Crippen LogP contribution >= 0.6 is 15.9 Å². The van der Waals surface area contributed by atoms with E-state index in [1.807, 2.05) is 45.0 Å². The van der Waals surface area contributed by atoms with Gasteiger partial charge in [-0.2, -0.15) is 0 Å². The van der Waals surface area contributed by atoms with E-state index in [-0.39, 0.29) is 17.4 Å². The number of carbonyl (C=O) groups excluding carboxylic acids is 2. The Labute approximate surface area is 139 Å². The number of amides is 1. The number of carbonyl (C=O) groups is 2. The third-order valence-corrected chi connectivity index (χ3v) is 3.42. The van der Waals surface area contributed by atoms with Gasteiger partial charge in [0.05, 0.1) is 5.92 Å². The van der Waals surface area contributed by atoms with Crippen molar-refractivity contribution in [1.29, 1.82) is 0 Å². The molecule has 2 N–H and O–H groups in total. The van der Waals surface area contributed by atoms with Crippen LogP contribution in [0.4, 0.5) is 5.69 Å². The van der Waals surface area contributed by atoms with Gasteiger partial charge in [-0.05, 0) is 51.9 Å². The Bertz CT molecular complexity index is 494. The van der Waals surface area contributed by atoms with Gasteiger partial charge in [0, 0.05) is 16.7 Å². The second-order valence-electron chi connectivity index (χ2n) is 6.02. The van der Waals surface area contributed by atoms with Crippen LogP contribution in [0, 0.1) is 5.92 Å². The highest BCUT2D eigenvalue weighted by Gasteiger charge is 2.22. The normalized spacial score (nSPS) is 17.2. The van der Waals surface area contributed by atoms with E-state index >= 15 is 0 Å². The Hall–Kier alpha value is -1.40. The van der Waals surface area contributed by atoms with Crippen LogP contribution in [0.25, 0.3) is 0 Å². The van der Waals surface area contributed by atoms with Gasteiger partial charge in [0.15, 0.2) is 0 Å². The molecule has 1 fully saturated rings. The van der Waals surface area contributed by atoms with E-state index in [0.717, 1.165) is 29.7 Å². The molecule has 2 rings (SSSR count). The lowest BCUT2D eigenvalue weighted by molar-refractivity contribution is -0.138. The summed E-state index contributed by atoms with van der Waals surface area (Å²) in [5.41, 5.74) is 0.531.